The Hall–Kier alpha value is -3.35. The Morgan fingerprint density at radius 2 is 1.83 bits per heavy atom. The predicted octanol–water partition coefficient (Wildman–Crippen LogP) is 2.58. The Morgan fingerprint density at radius 1 is 1.08 bits per heavy atom. The van der Waals surface area contributed by atoms with Gasteiger partial charge in [-0.05, 0) is 24.3 Å². The van der Waals surface area contributed by atoms with Crippen LogP contribution < -0.4 is 10.5 Å². The Balaban J connectivity index is 1.65. The molecule has 0 spiro atoms. The lowest BCUT2D eigenvalue weighted by Gasteiger charge is -2.06. The molecule has 3 aromatic rings. The molecule has 0 unspecified atom stereocenters. The minimum absolute atomic E-state index is 0.0235. The molecule has 7 nitrogen and oxygen atoms in total. The van der Waals surface area contributed by atoms with Crippen LogP contribution in [0.1, 0.15) is 11.5 Å². The van der Waals surface area contributed by atoms with E-state index in [4.69, 9.17) is 19.7 Å². The number of oxime groups is 1. The number of amidine groups is 1. The molecule has 0 radical (unpaired) electrons. The van der Waals surface area contributed by atoms with Gasteiger partial charge in [0.2, 0.25) is 5.89 Å². The molecule has 0 fully saturated rings. The third-order valence-electron chi connectivity index (χ3n) is 3.22. The van der Waals surface area contributed by atoms with Crippen LogP contribution in [0.4, 0.5) is 0 Å². The first kappa shape index (κ1) is 15.5. The quantitative estimate of drug-likeness (QED) is 0.425. The lowest BCUT2D eigenvalue weighted by atomic mass is 10.2. The maximum absolute atomic E-state index is 5.91. The predicted molar refractivity (Wildman–Crippen MR) is 88.2 cm³/mol. The molecular formula is C17H16N4O3. The van der Waals surface area contributed by atoms with Crippen molar-refractivity contribution < 1.29 is 14.0 Å². The van der Waals surface area contributed by atoms with Crippen molar-refractivity contribution in [1.82, 2.24) is 10.2 Å². The summed E-state index contributed by atoms with van der Waals surface area (Å²) >= 11 is 0. The number of hydrogen-bond acceptors (Lipinski definition) is 6. The van der Waals surface area contributed by atoms with Crippen molar-refractivity contribution in [1.29, 1.82) is 0 Å². The highest BCUT2D eigenvalue weighted by Gasteiger charge is 2.09. The largest absolute Gasteiger partial charge is 0.496 e. The second kappa shape index (κ2) is 7.28. The van der Waals surface area contributed by atoms with E-state index in [1.807, 2.05) is 42.5 Å². The van der Waals surface area contributed by atoms with Crippen molar-refractivity contribution in [3.8, 4) is 17.2 Å². The fraction of sp³-hybridized carbons (Fsp3) is 0.118. The number of hydrogen-bond donors (Lipinski definition) is 1. The molecule has 2 N–H and O–H groups in total. The second-order valence-electron chi connectivity index (χ2n) is 4.82. The van der Waals surface area contributed by atoms with Gasteiger partial charge < -0.3 is 19.7 Å². The van der Waals surface area contributed by atoms with E-state index in [1.54, 1.807) is 19.2 Å². The van der Waals surface area contributed by atoms with Gasteiger partial charge in [0.1, 0.15) is 5.75 Å². The summed E-state index contributed by atoms with van der Waals surface area (Å²) in [5, 5.41) is 11.8. The van der Waals surface area contributed by atoms with Gasteiger partial charge in [0.15, 0.2) is 12.4 Å². The van der Waals surface area contributed by atoms with Crippen molar-refractivity contribution in [2.75, 3.05) is 7.11 Å². The van der Waals surface area contributed by atoms with Gasteiger partial charge in [-0.2, -0.15) is 0 Å². The topological polar surface area (TPSA) is 95.8 Å². The van der Waals surface area contributed by atoms with Crippen LogP contribution in [-0.4, -0.2) is 23.1 Å². The first-order valence-electron chi connectivity index (χ1n) is 7.24. The van der Waals surface area contributed by atoms with Gasteiger partial charge in [0.05, 0.1) is 12.7 Å². The highest BCUT2D eigenvalue weighted by molar-refractivity contribution is 5.99. The molecule has 2 aromatic carbocycles. The number of methoxy groups -OCH3 is 1. The molecule has 0 atom stereocenters. The SMILES string of the molecule is COc1ccccc1/C(N)=N/OCc1nnc(-c2ccccc2)o1. The monoisotopic (exact) mass is 324 g/mol. The number of aromatic nitrogens is 2. The second-order valence-corrected chi connectivity index (χ2v) is 4.82. The van der Waals surface area contributed by atoms with E-state index < -0.39 is 0 Å². The van der Waals surface area contributed by atoms with E-state index in [9.17, 15) is 0 Å². The third-order valence-corrected chi connectivity index (χ3v) is 3.22. The van der Waals surface area contributed by atoms with Crippen molar-refractivity contribution in [3.63, 3.8) is 0 Å². The third kappa shape index (κ3) is 3.52. The van der Waals surface area contributed by atoms with E-state index in [1.165, 1.54) is 0 Å². The normalized spacial score (nSPS) is 11.3. The van der Waals surface area contributed by atoms with Crippen LogP contribution in [0.2, 0.25) is 0 Å². The highest BCUT2D eigenvalue weighted by atomic mass is 16.6. The van der Waals surface area contributed by atoms with Crippen LogP contribution in [-0.2, 0) is 11.4 Å². The number of rotatable bonds is 6. The molecule has 1 aromatic heterocycles. The van der Waals surface area contributed by atoms with Crippen LogP contribution in [0, 0.1) is 0 Å². The van der Waals surface area contributed by atoms with Crippen LogP contribution in [0.15, 0.2) is 64.2 Å². The minimum atomic E-state index is 0.0235. The maximum Gasteiger partial charge on any atom is 0.257 e. The van der Waals surface area contributed by atoms with E-state index in [-0.39, 0.29) is 12.4 Å². The van der Waals surface area contributed by atoms with Crippen molar-refractivity contribution in [2.45, 2.75) is 6.61 Å². The summed E-state index contributed by atoms with van der Waals surface area (Å²) in [6.07, 6.45) is 0. The van der Waals surface area contributed by atoms with Gasteiger partial charge in [0.25, 0.3) is 5.89 Å². The Kier molecular flexibility index (Phi) is 4.71. The summed E-state index contributed by atoms with van der Waals surface area (Å²) in [6, 6.07) is 16.8. The van der Waals surface area contributed by atoms with E-state index in [0.717, 1.165) is 5.56 Å². The number of ether oxygens (including phenoxy) is 1. The lowest BCUT2D eigenvalue weighted by molar-refractivity contribution is 0.111. The van der Waals surface area contributed by atoms with Gasteiger partial charge in [-0.1, -0.05) is 35.5 Å². The zero-order valence-electron chi connectivity index (χ0n) is 13.0. The Morgan fingerprint density at radius 3 is 2.62 bits per heavy atom. The van der Waals surface area contributed by atoms with Crippen LogP contribution in [0.5, 0.6) is 5.75 Å². The summed E-state index contributed by atoms with van der Waals surface area (Å²) in [5.74, 6) is 1.56. The molecule has 24 heavy (non-hydrogen) atoms. The van der Waals surface area contributed by atoms with Gasteiger partial charge in [0, 0.05) is 5.56 Å². The summed E-state index contributed by atoms with van der Waals surface area (Å²) in [6.45, 7) is 0.0235. The summed E-state index contributed by atoms with van der Waals surface area (Å²) < 4.78 is 10.7. The minimum Gasteiger partial charge on any atom is -0.496 e. The van der Waals surface area contributed by atoms with Crippen LogP contribution in [0.3, 0.4) is 0 Å². The summed E-state index contributed by atoms with van der Waals surface area (Å²) in [7, 11) is 1.57. The molecule has 0 aliphatic carbocycles. The molecule has 122 valence electrons. The molecule has 3 rings (SSSR count). The Labute approximate surface area is 138 Å². The highest BCUT2D eigenvalue weighted by Crippen LogP contribution is 2.18. The number of nitrogens with two attached hydrogens (primary N) is 1. The average molecular weight is 324 g/mol. The zero-order chi connectivity index (χ0) is 16.8. The molecule has 0 aliphatic rings. The van der Waals surface area contributed by atoms with Gasteiger partial charge in [-0.3, -0.25) is 0 Å². The fourth-order valence-corrected chi connectivity index (χ4v) is 2.07. The van der Waals surface area contributed by atoms with E-state index in [2.05, 4.69) is 15.4 Å². The Bertz CT molecular complexity index is 831. The van der Waals surface area contributed by atoms with Crippen molar-refractivity contribution in [2.24, 2.45) is 10.9 Å². The first-order valence-corrected chi connectivity index (χ1v) is 7.24. The lowest BCUT2D eigenvalue weighted by Crippen LogP contribution is -2.15. The standard InChI is InChI=1S/C17H16N4O3/c1-22-14-10-6-5-9-13(14)16(18)21-23-11-15-19-20-17(24-15)12-7-3-2-4-8-12/h2-10H,11H2,1H3,(H2,18,21). The summed E-state index contributed by atoms with van der Waals surface area (Å²) in [5.41, 5.74) is 7.40. The van der Waals surface area contributed by atoms with Gasteiger partial charge in [-0.15, -0.1) is 10.2 Å². The smallest absolute Gasteiger partial charge is 0.257 e. The number of para-hydroxylation sites is 1. The summed E-state index contributed by atoms with van der Waals surface area (Å²) in [4.78, 5) is 5.20. The molecule has 0 saturated carbocycles. The van der Waals surface area contributed by atoms with Gasteiger partial charge >= 0.3 is 0 Å². The van der Waals surface area contributed by atoms with Crippen LogP contribution >= 0.6 is 0 Å². The molecule has 0 aliphatic heterocycles. The van der Waals surface area contributed by atoms with Crippen molar-refractivity contribution >= 4 is 5.84 Å². The molecular weight excluding hydrogens is 308 g/mol. The van der Waals surface area contributed by atoms with E-state index in [0.29, 0.717) is 23.1 Å². The molecule has 0 saturated heterocycles. The molecule has 7 heteroatoms. The first-order chi connectivity index (χ1) is 11.8. The molecule has 0 bridgehead atoms. The average Bonchev–Trinajstić information content (AvgIpc) is 3.11. The molecule has 1 heterocycles. The molecule has 0 amide bonds. The van der Waals surface area contributed by atoms with Crippen molar-refractivity contribution in [3.05, 3.63) is 66.1 Å². The zero-order valence-corrected chi connectivity index (χ0v) is 13.0. The van der Waals surface area contributed by atoms with Crippen LogP contribution in [0.25, 0.3) is 11.5 Å². The maximum atomic E-state index is 5.91. The van der Waals surface area contributed by atoms with E-state index >= 15 is 0 Å². The number of nitrogens with zero attached hydrogens (tertiary/aromatic N) is 3. The number of benzene rings is 2. The fourth-order valence-electron chi connectivity index (χ4n) is 2.07. The van der Waals surface area contributed by atoms with Gasteiger partial charge in [-0.25, -0.2) is 0 Å².